The maximum absolute atomic E-state index is 13.0. The predicted octanol–water partition coefficient (Wildman–Crippen LogP) is 4.91. The average Bonchev–Trinajstić information content (AvgIpc) is 2.64. The zero-order chi connectivity index (χ0) is 21.0. The maximum Gasteiger partial charge on any atom is 0.573 e. The van der Waals surface area contributed by atoms with E-state index in [1.54, 1.807) is 0 Å². The van der Waals surface area contributed by atoms with Crippen molar-refractivity contribution in [1.29, 1.82) is 0 Å². The number of nitro groups is 1. The molecule has 3 aromatic rings. The number of rotatable bonds is 6. The fourth-order valence-corrected chi connectivity index (χ4v) is 2.28. The molecular formula is C17H11F4N5O3. The second-order valence-electron chi connectivity index (χ2n) is 5.51. The van der Waals surface area contributed by atoms with E-state index in [1.807, 2.05) is 0 Å². The number of alkyl halides is 3. The number of anilines is 4. The largest absolute Gasteiger partial charge is 0.573 e. The summed E-state index contributed by atoms with van der Waals surface area (Å²) < 4.78 is 53.4. The molecule has 0 fully saturated rings. The van der Waals surface area contributed by atoms with Crippen LogP contribution in [0.2, 0.25) is 0 Å². The van der Waals surface area contributed by atoms with Gasteiger partial charge in [0, 0.05) is 11.4 Å². The second-order valence-corrected chi connectivity index (χ2v) is 5.51. The first-order valence-electron chi connectivity index (χ1n) is 7.86. The van der Waals surface area contributed by atoms with Gasteiger partial charge < -0.3 is 15.4 Å². The summed E-state index contributed by atoms with van der Waals surface area (Å²) in [4.78, 5) is 18.5. The number of benzene rings is 2. The molecule has 2 aromatic carbocycles. The van der Waals surface area contributed by atoms with E-state index in [1.165, 1.54) is 36.4 Å². The SMILES string of the molecule is O=[N+]([O-])c1c(Nc2ccc(F)cc2)ncnc1Nc1ccc(OC(F)(F)F)cc1. The van der Waals surface area contributed by atoms with E-state index in [9.17, 15) is 27.7 Å². The Labute approximate surface area is 160 Å². The minimum atomic E-state index is -4.83. The molecule has 0 saturated heterocycles. The van der Waals surface area contributed by atoms with Crippen molar-refractivity contribution in [1.82, 2.24) is 9.97 Å². The maximum atomic E-state index is 13.0. The van der Waals surface area contributed by atoms with Crippen LogP contribution in [0.15, 0.2) is 54.9 Å². The van der Waals surface area contributed by atoms with E-state index in [2.05, 4.69) is 25.3 Å². The lowest BCUT2D eigenvalue weighted by atomic mass is 10.3. The van der Waals surface area contributed by atoms with E-state index in [4.69, 9.17) is 0 Å². The smallest absolute Gasteiger partial charge is 0.406 e. The fourth-order valence-electron chi connectivity index (χ4n) is 2.28. The lowest BCUT2D eigenvalue weighted by molar-refractivity contribution is -0.383. The molecule has 0 bridgehead atoms. The average molecular weight is 409 g/mol. The van der Waals surface area contributed by atoms with E-state index in [0.29, 0.717) is 5.69 Å². The van der Waals surface area contributed by atoms with Crippen molar-refractivity contribution >= 4 is 28.7 Å². The van der Waals surface area contributed by atoms with Crippen LogP contribution < -0.4 is 15.4 Å². The van der Waals surface area contributed by atoms with Crippen LogP contribution in [0.25, 0.3) is 0 Å². The molecule has 0 atom stereocenters. The Bertz CT molecular complexity index is 1010. The first-order chi connectivity index (χ1) is 13.7. The molecule has 1 heterocycles. The van der Waals surface area contributed by atoms with Crippen LogP contribution in [-0.2, 0) is 0 Å². The van der Waals surface area contributed by atoms with Gasteiger partial charge in [-0.1, -0.05) is 0 Å². The minimum absolute atomic E-state index is 0.156. The standard InChI is InChI=1S/C17H11F4N5O3/c18-10-1-3-11(4-2-10)24-15-14(26(27)28)16(23-9-22-15)25-12-5-7-13(8-6-12)29-17(19,20)21/h1-9H,(H2,22,23,24,25). The Morgan fingerprint density at radius 1 is 0.897 bits per heavy atom. The third kappa shape index (κ3) is 5.28. The van der Waals surface area contributed by atoms with Gasteiger partial charge >= 0.3 is 12.0 Å². The van der Waals surface area contributed by atoms with Gasteiger partial charge in [-0.2, -0.15) is 0 Å². The fraction of sp³-hybridized carbons (Fsp3) is 0.0588. The van der Waals surface area contributed by atoms with Gasteiger partial charge in [0.1, 0.15) is 17.9 Å². The summed E-state index contributed by atoms with van der Waals surface area (Å²) in [7, 11) is 0. The molecule has 0 spiro atoms. The van der Waals surface area contributed by atoms with Gasteiger partial charge in [0.05, 0.1) is 4.92 Å². The molecule has 1 aromatic heterocycles. The van der Waals surface area contributed by atoms with Crippen LogP contribution in [0, 0.1) is 15.9 Å². The van der Waals surface area contributed by atoms with Crippen LogP contribution in [0.5, 0.6) is 5.75 Å². The summed E-state index contributed by atoms with van der Waals surface area (Å²) in [5.74, 6) is -1.28. The topological polar surface area (TPSA) is 102 Å². The van der Waals surface area contributed by atoms with E-state index >= 15 is 0 Å². The van der Waals surface area contributed by atoms with Crippen LogP contribution in [-0.4, -0.2) is 21.3 Å². The van der Waals surface area contributed by atoms with Gasteiger partial charge in [0.2, 0.25) is 11.6 Å². The molecule has 0 unspecified atom stereocenters. The van der Waals surface area contributed by atoms with Crippen LogP contribution in [0.4, 0.5) is 46.3 Å². The molecule has 150 valence electrons. The highest BCUT2D eigenvalue weighted by atomic mass is 19.4. The molecule has 0 aliphatic heterocycles. The van der Waals surface area contributed by atoms with Crippen LogP contribution in [0.1, 0.15) is 0 Å². The van der Waals surface area contributed by atoms with Crippen molar-refractivity contribution in [2.75, 3.05) is 10.6 Å². The molecule has 0 radical (unpaired) electrons. The van der Waals surface area contributed by atoms with E-state index in [-0.39, 0.29) is 17.3 Å². The first kappa shape index (κ1) is 19.8. The number of halogens is 4. The van der Waals surface area contributed by atoms with Gasteiger partial charge in [0.15, 0.2) is 0 Å². The zero-order valence-electron chi connectivity index (χ0n) is 14.3. The number of ether oxygens (including phenoxy) is 1. The second kappa shape index (κ2) is 7.96. The normalized spacial score (nSPS) is 11.0. The molecule has 0 aliphatic rings. The minimum Gasteiger partial charge on any atom is -0.406 e. The van der Waals surface area contributed by atoms with E-state index in [0.717, 1.165) is 18.5 Å². The molecule has 12 heteroatoms. The van der Waals surface area contributed by atoms with Crippen molar-refractivity contribution in [3.05, 3.63) is 70.8 Å². The zero-order valence-corrected chi connectivity index (χ0v) is 14.3. The van der Waals surface area contributed by atoms with Gasteiger partial charge in [-0.15, -0.1) is 13.2 Å². The van der Waals surface area contributed by atoms with Gasteiger partial charge in [-0.3, -0.25) is 10.1 Å². The molecule has 2 N–H and O–H groups in total. The monoisotopic (exact) mass is 409 g/mol. The molecular weight excluding hydrogens is 398 g/mol. The molecule has 3 rings (SSSR count). The van der Waals surface area contributed by atoms with E-state index < -0.39 is 28.5 Å². The molecule has 0 saturated carbocycles. The van der Waals surface area contributed by atoms with Crippen molar-refractivity contribution in [3.8, 4) is 5.75 Å². The Balaban J connectivity index is 1.85. The molecule has 0 amide bonds. The Hall–Kier alpha value is -3.96. The first-order valence-corrected chi connectivity index (χ1v) is 7.86. The summed E-state index contributed by atoms with van der Waals surface area (Å²) >= 11 is 0. The highest BCUT2D eigenvalue weighted by Crippen LogP contribution is 2.33. The van der Waals surface area contributed by atoms with Crippen molar-refractivity contribution < 1.29 is 27.2 Å². The third-order valence-electron chi connectivity index (χ3n) is 3.46. The molecule has 8 nitrogen and oxygen atoms in total. The quantitative estimate of drug-likeness (QED) is 0.339. The van der Waals surface area contributed by atoms with Crippen LogP contribution >= 0.6 is 0 Å². The summed E-state index contributed by atoms with van der Waals surface area (Å²) in [5, 5.41) is 16.9. The van der Waals surface area contributed by atoms with Crippen molar-refractivity contribution in [3.63, 3.8) is 0 Å². The highest BCUT2D eigenvalue weighted by molar-refractivity contribution is 5.76. The van der Waals surface area contributed by atoms with Crippen LogP contribution in [0.3, 0.4) is 0 Å². The van der Waals surface area contributed by atoms with Gasteiger partial charge in [-0.05, 0) is 48.5 Å². The summed E-state index contributed by atoms with van der Waals surface area (Å²) in [6.07, 6.45) is -3.77. The lowest BCUT2D eigenvalue weighted by Crippen LogP contribution is -2.17. The molecule has 0 aliphatic carbocycles. The number of nitrogens with zero attached hydrogens (tertiary/aromatic N) is 3. The number of nitrogens with one attached hydrogen (secondary N) is 2. The number of hydrogen-bond acceptors (Lipinski definition) is 7. The molecule has 29 heavy (non-hydrogen) atoms. The van der Waals surface area contributed by atoms with Gasteiger partial charge in [0.25, 0.3) is 0 Å². The van der Waals surface area contributed by atoms with Gasteiger partial charge in [-0.25, -0.2) is 14.4 Å². The predicted molar refractivity (Wildman–Crippen MR) is 94.8 cm³/mol. The Kier molecular flexibility index (Phi) is 5.43. The third-order valence-corrected chi connectivity index (χ3v) is 3.46. The number of hydrogen-bond donors (Lipinski definition) is 2. The van der Waals surface area contributed by atoms with Crippen molar-refractivity contribution in [2.45, 2.75) is 6.36 Å². The number of aromatic nitrogens is 2. The lowest BCUT2D eigenvalue weighted by Gasteiger charge is -2.11. The Morgan fingerprint density at radius 3 is 1.83 bits per heavy atom. The summed E-state index contributed by atoms with van der Waals surface area (Å²) in [6.45, 7) is 0. The highest BCUT2D eigenvalue weighted by Gasteiger charge is 2.31. The van der Waals surface area contributed by atoms with Crippen molar-refractivity contribution in [2.24, 2.45) is 0 Å². The summed E-state index contributed by atoms with van der Waals surface area (Å²) in [5.41, 5.74) is 0.0781. The Morgan fingerprint density at radius 2 is 1.38 bits per heavy atom. The summed E-state index contributed by atoms with van der Waals surface area (Å²) in [6, 6.07) is 9.63.